The topological polar surface area (TPSA) is 29.3 Å². The Hall–Kier alpha value is -0.930. The van der Waals surface area contributed by atoms with E-state index in [1.54, 1.807) is 6.07 Å². The summed E-state index contributed by atoms with van der Waals surface area (Å²) in [6.45, 7) is 3.69. The average Bonchev–Trinajstić information content (AvgIpc) is 2.86. The van der Waals surface area contributed by atoms with Crippen molar-refractivity contribution in [3.05, 3.63) is 35.1 Å². The van der Waals surface area contributed by atoms with Crippen molar-refractivity contribution in [2.45, 2.75) is 38.6 Å². The predicted molar refractivity (Wildman–Crippen MR) is 72.9 cm³/mol. The number of aryl methyl sites for hydroxylation is 1. The van der Waals surface area contributed by atoms with Crippen molar-refractivity contribution < 1.29 is 4.39 Å². The van der Waals surface area contributed by atoms with Crippen molar-refractivity contribution >= 4 is 0 Å². The van der Waals surface area contributed by atoms with Gasteiger partial charge in [0.1, 0.15) is 5.82 Å². The van der Waals surface area contributed by atoms with Gasteiger partial charge in [-0.2, -0.15) is 0 Å². The molecule has 0 spiro atoms. The zero-order valence-corrected chi connectivity index (χ0v) is 11.0. The molecule has 1 aliphatic heterocycles. The molecular formula is C15H23FN2. The second kappa shape index (κ2) is 6.86. The van der Waals surface area contributed by atoms with Gasteiger partial charge in [-0.05, 0) is 63.4 Å². The molecule has 1 aromatic rings. The molecule has 0 amide bonds. The summed E-state index contributed by atoms with van der Waals surface area (Å²) >= 11 is 0. The van der Waals surface area contributed by atoms with Crippen molar-refractivity contribution in [1.29, 1.82) is 0 Å². The zero-order chi connectivity index (χ0) is 12.8. The van der Waals surface area contributed by atoms with E-state index in [0.717, 1.165) is 56.6 Å². The van der Waals surface area contributed by atoms with Crippen LogP contribution in [0.1, 0.15) is 36.8 Å². The highest BCUT2D eigenvalue weighted by atomic mass is 19.1. The summed E-state index contributed by atoms with van der Waals surface area (Å²) in [6.07, 6.45) is 5.48. The quantitative estimate of drug-likeness (QED) is 0.787. The summed E-state index contributed by atoms with van der Waals surface area (Å²) < 4.78 is 14.0. The normalized spacial score (nSPS) is 16.3. The first-order valence-electron chi connectivity index (χ1n) is 6.99. The second-order valence-electron chi connectivity index (χ2n) is 5.15. The number of rotatable bonds is 6. The maximum absolute atomic E-state index is 14.0. The molecule has 2 rings (SSSR count). The van der Waals surface area contributed by atoms with E-state index in [9.17, 15) is 4.39 Å². The van der Waals surface area contributed by atoms with Crippen LogP contribution in [0.4, 0.5) is 4.39 Å². The fourth-order valence-electron chi connectivity index (χ4n) is 2.53. The minimum Gasteiger partial charge on any atom is -0.330 e. The van der Waals surface area contributed by atoms with Crippen molar-refractivity contribution in [2.75, 3.05) is 19.6 Å². The number of benzene rings is 1. The van der Waals surface area contributed by atoms with Gasteiger partial charge in [0.25, 0.3) is 0 Å². The Labute approximate surface area is 109 Å². The summed E-state index contributed by atoms with van der Waals surface area (Å²) in [5, 5.41) is 0. The summed E-state index contributed by atoms with van der Waals surface area (Å²) in [5.41, 5.74) is 7.38. The molecule has 0 radical (unpaired) electrons. The van der Waals surface area contributed by atoms with Gasteiger partial charge in [-0.15, -0.1) is 0 Å². The van der Waals surface area contributed by atoms with E-state index in [4.69, 9.17) is 5.73 Å². The Bertz CT molecular complexity index is 373. The van der Waals surface area contributed by atoms with Gasteiger partial charge in [0.2, 0.25) is 0 Å². The Morgan fingerprint density at radius 2 is 1.94 bits per heavy atom. The molecule has 1 fully saturated rings. The zero-order valence-electron chi connectivity index (χ0n) is 11.0. The molecule has 0 atom stereocenters. The number of likely N-dealkylation sites (tertiary alicyclic amines) is 1. The molecular weight excluding hydrogens is 227 g/mol. The molecule has 0 unspecified atom stereocenters. The lowest BCUT2D eigenvalue weighted by Gasteiger charge is -2.15. The van der Waals surface area contributed by atoms with Crippen molar-refractivity contribution in [3.8, 4) is 0 Å². The third kappa shape index (κ3) is 3.79. The lowest BCUT2D eigenvalue weighted by atomic mass is 10.1. The van der Waals surface area contributed by atoms with E-state index in [1.807, 2.05) is 6.07 Å². The first kappa shape index (κ1) is 13.5. The average molecular weight is 250 g/mol. The van der Waals surface area contributed by atoms with Crippen molar-refractivity contribution in [1.82, 2.24) is 4.90 Å². The van der Waals surface area contributed by atoms with Crippen LogP contribution in [0, 0.1) is 5.82 Å². The number of nitrogens with two attached hydrogens (primary N) is 1. The first-order valence-corrected chi connectivity index (χ1v) is 6.99. The van der Waals surface area contributed by atoms with E-state index < -0.39 is 0 Å². The predicted octanol–water partition coefficient (Wildman–Crippen LogP) is 2.70. The minimum absolute atomic E-state index is 0.0489. The minimum atomic E-state index is -0.0489. The van der Waals surface area contributed by atoms with Crippen molar-refractivity contribution in [3.63, 3.8) is 0 Å². The number of hydrogen-bond acceptors (Lipinski definition) is 2. The van der Waals surface area contributed by atoms with Gasteiger partial charge >= 0.3 is 0 Å². The Balaban J connectivity index is 1.91. The van der Waals surface area contributed by atoms with E-state index in [0.29, 0.717) is 0 Å². The molecule has 1 aliphatic rings. The van der Waals surface area contributed by atoms with E-state index in [2.05, 4.69) is 11.0 Å². The number of halogens is 1. The maximum Gasteiger partial charge on any atom is 0.127 e. The van der Waals surface area contributed by atoms with Gasteiger partial charge in [-0.3, -0.25) is 4.90 Å². The molecule has 3 heteroatoms. The van der Waals surface area contributed by atoms with Crippen molar-refractivity contribution in [2.24, 2.45) is 5.73 Å². The molecule has 1 aromatic carbocycles. The number of hydrogen-bond donors (Lipinski definition) is 1. The lowest BCUT2D eigenvalue weighted by Crippen LogP contribution is -2.19. The highest BCUT2D eigenvalue weighted by Crippen LogP contribution is 2.17. The molecule has 0 bridgehead atoms. The standard InChI is InChI=1S/C15H23FN2/c16-15-11-13(5-1-2-8-17)6-7-14(15)12-18-9-3-4-10-18/h6-7,11H,1-5,8-10,12,17H2. The number of nitrogens with zero attached hydrogens (tertiary/aromatic N) is 1. The molecule has 100 valence electrons. The summed E-state index contributed by atoms with van der Waals surface area (Å²) in [7, 11) is 0. The van der Waals surface area contributed by atoms with E-state index >= 15 is 0 Å². The largest absolute Gasteiger partial charge is 0.330 e. The van der Waals surface area contributed by atoms with Crippen LogP contribution in [0.15, 0.2) is 18.2 Å². The Kier molecular flexibility index (Phi) is 5.14. The monoisotopic (exact) mass is 250 g/mol. The molecule has 2 N–H and O–H groups in total. The molecule has 0 aromatic heterocycles. The van der Waals surface area contributed by atoms with E-state index in [-0.39, 0.29) is 5.82 Å². The second-order valence-corrected chi connectivity index (χ2v) is 5.15. The first-order chi connectivity index (χ1) is 8.79. The smallest absolute Gasteiger partial charge is 0.127 e. The molecule has 1 saturated heterocycles. The Morgan fingerprint density at radius 1 is 1.17 bits per heavy atom. The van der Waals surface area contributed by atoms with Gasteiger partial charge in [0.05, 0.1) is 0 Å². The van der Waals surface area contributed by atoms with Crippen LogP contribution in [0.2, 0.25) is 0 Å². The SMILES string of the molecule is NCCCCc1ccc(CN2CCCC2)c(F)c1. The summed E-state index contributed by atoms with van der Waals surface area (Å²) in [4.78, 5) is 2.33. The van der Waals surface area contributed by atoms with Crippen LogP contribution >= 0.6 is 0 Å². The Morgan fingerprint density at radius 3 is 2.61 bits per heavy atom. The van der Waals surface area contributed by atoms with Gasteiger partial charge in [-0.25, -0.2) is 4.39 Å². The van der Waals surface area contributed by atoms with Gasteiger partial charge < -0.3 is 5.73 Å². The van der Waals surface area contributed by atoms with Gasteiger partial charge in [-0.1, -0.05) is 12.1 Å². The van der Waals surface area contributed by atoms with Gasteiger partial charge in [0, 0.05) is 12.1 Å². The molecule has 1 heterocycles. The highest BCUT2D eigenvalue weighted by molar-refractivity contribution is 5.24. The molecule has 2 nitrogen and oxygen atoms in total. The number of unbranched alkanes of at least 4 members (excludes halogenated alkanes) is 1. The van der Waals surface area contributed by atoms with Crippen LogP contribution in [0.3, 0.4) is 0 Å². The fourth-order valence-corrected chi connectivity index (χ4v) is 2.53. The third-order valence-electron chi connectivity index (χ3n) is 3.63. The van der Waals surface area contributed by atoms with Crippen LogP contribution < -0.4 is 5.73 Å². The van der Waals surface area contributed by atoms with Crippen LogP contribution in [0.25, 0.3) is 0 Å². The molecule has 0 aliphatic carbocycles. The highest BCUT2D eigenvalue weighted by Gasteiger charge is 2.13. The fraction of sp³-hybridized carbons (Fsp3) is 0.600. The van der Waals surface area contributed by atoms with Crippen LogP contribution in [-0.4, -0.2) is 24.5 Å². The molecule has 18 heavy (non-hydrogen) atoms. The van der Waals surface area contributed by atoms with Gasteiger partial charge in [0.15, 0.2) is 0 Å². The van der Waals surface area contributed by atoms with E-state index in [1.165, 1.54) is 12.8 Å². The molecule has 0 saturated carbocycles. The lowest BCUT2D eigenvalue weighted by molar-refractivity contribution is 0.325. The summed E-state index contributed by atoms with van der Waals surface area (Å²) in [5.74, 6) is -0.0489. The summed E-state index contributed by atoms with van der Waals surface area (Å²) in [6, 6.07) is 5.71. The van der Waals surface area contributed by atoms with Crippen LogP contribution in [-0.2, 0) is 13.0 Å². The van der Waals surface area contributed by atoms with Crippen LogP contribution in [0.5, 0.6) is 0 Å². The maximum atomic E-state index is 14.0. The third-order valence-corrected chi connectivity index (χ3v) is 3.63.